The number of ether oxygens (including phenoxy) is 1. The summed E-state index contributed by atoms with van der Waals surface area (Å²) < 4.78 is 6.93. The molecule has 1 amide bonds. The van der Waals surface area contributed by atoms with E-state index in [0.29, 0.717) is 24.2 Å². The van der Waals surface area contributed by atoms with Crippen LogP contribution in [0, 0.1) is 0 Å². The van der Waals surface area contributed by atoms with Crippen LogP contribution in [-0.2, 0) is 11.3 Å². The smallest absolute Gasteiger partial charge is 0.252 e. The van der Waals surface area contributed by atoms with Gasteiger partial charge in [0.25, 0.3) is 5.91 Å². The molecule has 0 bridgehead atoms. The molecule has 5 nitrogen and oxygen atoms in total. The monoisotopic (exact) mass is 219 g/mol. The first kappa shape index (κ1) is 10.6. The summed E-state index contributed by atoms with van der Waals surface area (Å²) >= 11 is 0. The van der Waals surface area contributed by atoms with Gasteiger partial charge in [-0.3, -0.25) is 9.78 Å². The number of rotatable bonds is 4. The molecule has 0 spiro atoms. The van der Waals surface area contributed by atoms with E-state index in [1.807, 2.05) is 16.7 Å². The molecule has 0 atom stereocenters. The van der Waals surface area contributed by atoms with Gasteiger partial charge in [-0.2, -0.15) is 0 Å². The Hall–Kier alpha value is -1.88. The first-order valence-corrected chi connectivity index (χ1v) is 4.96. The summed E-state index contributed by atoms with van der Waals surface area (Å²) in [6, 6.07) is 3.74. The average molecular weight is 219 g/mol. The van der Waals surface area contributed by atoms with E-state index in [1.54, 1.807) is 19.5 Å². The number of methoxy groups -OCH3 is 1. The lowest BCUT2D eigenvalue weighted by molar-refractivity contribution is 0.100. The van der Waals surface area contributed by atoms with Crippen LogP contribution < -0.4 is 5.73 Å². The fraction of sp³-hybridized carbons (Fsp3) is 0.273. The van der Waals surface area contributed by atoms with Gasteiger partial charge in [-0.1, -0.05) is 0 Å². The lowest BCUT2D eigenvalue weighted by Crippen LogP contribution is -2.10. The van der Waals surface area contributed by atoms with E-state index in [1.165, 1.54) is 0 Å². The zero-order valence-electron chi connectivity index (χ0n) is 9.01. The number of aromatic nitrogens is 2. The number of fused-ring (bicyclic) bond motifs is 1. The van der Waals surface area contributed by atoms with E-state index >= 15 is 0 Å². The Morgan fingerprint density at radius 3 is 3.12 bits per heavy atom. The quantitative estimate of drug-likeness (QED) is 0.826. The molecule has 0 aromatic carbocycles. The van der Waals surface area contributed by atoms with Crippen LogP contribution in [0.3, 0.4) is 0 Å². The molecule has 2 heterocycles. The van der Waals surface area contributed by atoms with Crippen LogP contribution in [-0.4, -0.2) is 29.2 Å². The summed E-state index contributed by atoms with van der Waals surface area (Å²) in [6.07, 6.45) is 3.37. The highest BCUT2D eigenvalue weighted by Crippen LogP contribution is 2.18. The number of pyridine rings is 1. The Labute approximate surface area is 92.8 Å². The summed E-state index contributed by atoms with van der Waals surface area (Å²) in [5.74, 6) is -0.458. The molecular formula is C11H13N3O2. The van der Waals surface area contributed by atoms with Gasteiger partial charge in [0.15, 0.2) is 0 Å². The van der Waals surface area contributed by atoms with Crippen molar-refractivity contribution >= 4 is 16.9 Å². The molecule has 0 radical (unpaired) electrons. The number of hydrogen-bond donors (Lipinski definition) is 1. The molecule has 0 saturated carbocycles. The largest absolute Gasteiger partial charge is 0.383 e. The summed E-state index contributed by atoms with van der Waals surface area (Å²) in [6.45, 7) is 1.25. The Balaban J connectivity index is 2.53. The minimum atomic E-state index is -0.458. The molecule has 0 aliphatic carbocycles. The Bertz CT molecular complexity index is 519. The van der Waals surface area contributed by atoms with E-state index in [-0.39, 0.29) is 0 Å². The first-order chi connectivity index (χ1) is 7.74. The number of carbonyl (C=O) groups is 1. The van der Waals surface area contributed by atoms with Gasteiger partial charge in [-0.05, 0) is 12.1 Å². The van der Waals surface area contributed by atoms with Gasteiger partial charge in [0, 0.05) is 26.0 Å². The van der Waals surface area contributed by atoms with Crippen LogP contribution in [0.25, 0.3) is 11.0 Å². The van der Waals surface area contributed by atoms with E-state index in [0.717, 1.165) is 5.52 Å². The van der Waals surface area contributed by atoms with Crippen LogP contribution >= 0.6 is 0 Å². The normalized spacial score (nSPS) is 10.8. The SMILES string of the molecule is COCCn1cc(C(N)=O)c2ncccc21. The van der Waals surface area contributed by atoms with E-state index in [4.69, 9.17) is 10.5 Å². The Kier molecular flexibility index (Phi) is 2.87. The fourth-order valence-electron chi connectivity index (χ4n) is 1.68. The average Bonchev–Trinajstić information content (AvgIpc) is 2.65. The van der Waals surface area contributed by atoms with Gasteiger partial charge >= 0.3 is 0 Å². The van der Waals surface area contributed by atoms with Crippen molar-refractivity contribution in [3.8, 4) is 0 Å². The molecule has 0 aliphatic heterocycles. The molecule has 0 fully saturated rings. The second-order valence-electron chi connectivity index (χ2n) is 3.46. The Morgan fingerprint density at radius 1 is 1.62 bits per heavy atom. The van der Waals surface area contributed by atoms with Crippen molar-refractivity contribution in [2.75, 3.05) is 13.7 Å². The van der Waals surface area contributed by atoms with Gasteiger partial charge < -0.3 is 15.0 Å². The molecule has 2 aromatic rings. The van der Waals surface area contributed by atoms with Crippen molar-refractivity contribution in [3.05, 3.63) is 30.1 Å². The van der Waals surface area contributed by atoms with Crippen molar-refractivity contribution in [2.45, 2.75) is 6.54 Å². The van der Waals surface area contributed by atoms with Gasteiger partial charge in [-0.15, -0.1) is 0 Å². The number of hydrogen-bond acceptors (Lipinski definition) is 3. The molecule has 2 N–H and O–H groups in total. The van der Waals surface area contributed by atoms with Crippen LogP contribution in [0.15, 0.2) is 24.5 Å². The number of amides is 1. The minimum absolute atomic E-state index is 0.451. The molecule has 0 saturated heterocycles. The van der Waals surface area contributed by atoms with E-state index < -0.39 is 5.91 Å². The summed E-state index contributed by atoms with van der Waals surface area (Å²) in [5.41, 5.74) is 7.29. The second kappa shape index (κ2) is 4.32. The summed E-state index contributed by atoms with van der Waals surface area (Å²) in [7, 11) is 1.64. The standard InChI is InChI=1S/C11H13N3O2/c1-16-6-5-14-7-8(11(12)15)10-9(14)3-2-4-13-10/h2-4,7H,5-6H2,1H3,(H2,12,15). The molecule has 84 valence electrons. The molecular weight excluding hydrogens is 206 g/mol. The van der Waals surface area contributed by atoms with Gasteiger partial charge in [0.2, 0.25) is 0 Å². The molecule has 0 unspecified atom stereocenters. The van der Waals surface area contributed by atoms with Crippen LogP contribution in [0.4, 0.5) is 0 Å². The highest BCUT2D eigenvalue weighted by molar-refractivity contribution is 6.04. The van der Waals surface area contributed by atoms with Crippen LogP contribution in [0.5, 0.6) is 0 Å². The lowest BCUT2D eigenvalue weighted by Gasteiger charge is -2.02. The predicted molar refractivity (Wildman–Crippen MR) is 60.1 cm³/mol. The Morgan fingerprint density at radius 2 is 2.44 bits per heavy atom. The molecule has 2 rings (SSSR count). The maximum Gasteiger partial charge on any atom is 0.252 e. The minimum Gasteiger partial charge on any atom is -0.383 e. The lowest BCUT2D eigenvalue weighted by atomic mass is 10.2. The first-order valence-electron chi connectivity index (χ1n) is 4.96. The zero-order chi connectivity index (χ0) is 11.5. The van der Waals surface area contributed by atoms with Crippen LogP contribution in [0.2, 0.25) is 0 Å². The summed E-state index contributed by atoms with van der Waals surface area (Å²) in [5, 5.41) is 0. The van der Waals surface area contributed by atoms with E-state index in [2.05, 4.69) is 4.98 Å². The van der Waals surface area contributed by atoms with Gasteiger partial charge in [0.1, 0.15) is 5.52 Å². The maximum atomic E-state index is 11.2. The third kappa shape index (κ3) is 1.77. The number of carbonyl (C=O) groups excluding carboxylic acids is 1. The second-order valence-corrected chi connectivity index (χ2v) is 3.46. The third-order valence-electron chi connectivity index (χ3n) is 2.44. The highest BCUT2D eigenvalue weighted by atomic mass is 16.5. The third-order valence-corrected chi connectivity index (χ3v) is 2.44. The molecule has 16 heavy (non-hydrogen) atoms. The van der Waals surface area contributed by atoms with Crippen LogP contribution in [0.1, 0.15) is 10.4 Å². The molecule has 0 aliphatic rings. The van der Waals surface area contributed by atoms with Crippen molar-refractivity contribution in [1.29, 1.82) is 0 Å². The number of nitrogens with zero attached hydrogens (tertiary/aromatic N) is 2. The van der Waals surface area contributed by atoms with Gasteiger partial charge in [-0.25, -0.2) is 0 Å². The van der Waals surface area contributed by atoms with Crippen molar-refractivity contribution in [3.63, 3.8) is 0 Å². The number of nitrogens with two attached hydrogens (primary N) is 1. The number of primary amides is 1. The van der Waals surface area contributed by atoms with Gasteiger partial charge in [0.05, 0.1) is 17.7 Å². The van der Waals surface area contributed by atoms with Crippen molar-refractivity contribution in [2.24, 2.45) is 5.73 Å². The van der Waals surface area contributed by atoms with E-state index in [9.17, 15) is 4.79 Å². The molecule has 5 heteroatoms. The zero-order valence-corrected chi connectivity index (χ0v) is 9.01. The van der Waals surface area contributed by atoms with Crippen molar-refractivity contribution in [1.82, 2.24) is 9.55 Å². The topological polar surface area (TPSA) is 70.1 Å². The van der Waals surface area contributed by atoms with Crippen molar-refractivity contribution < 1.29 is 9.53 Å². The highest BCUT2D eigenvalue weighted by Gasteiger charge is 2.12. The maximum absolute atomic E-state index is 11.2. The summed E-state index contributed by atoms with van der Waals surface area (Å²) in [4.78, 5) is 15.4. The predicted octanol–water partition coefficient (Wildman–Crippen LogP) is 0.782. The fourth-order valence-corrected chi connectivity index (χ4v) is 1.68. The molecule has 2 aromatic heterocycles.